The fourth-order valence-corrected chi connectivity index (χ4v) is 3.31. The summed E-state index contributed by atoms with van der Waals surface area (Å²) in [5.41, 5.74) is 2.59. The van der Waals surface area contributed by atoms with Gasteiger partial charge in [-0.1, -0.05) is 38.5 Å². The number of hydrogen-bond donors (Lipinski definition) is 1. The van der Waals surface area contributed by atoms with Crippen molar-refractivity contribution in [3.63, 3.8) is 0 Å². The van der Waals surface area contributed by atoms with Crippen LogP contribution in [0.25, 0.3) is 0 Å². The van der Waals surface area contributed by atoms with Crippen LogP contribution in [0.1, 0.15) is 64.1 Å². The van der Waals surface area contributed by atoms with E-state index in [0.717, 1.165) is 24.1 Å². The van der Waals surface area contributed by atoms with Gasteiger partial charge in [-0.25, -0.2) is 0 Å². The Morgan fingerprint density at radius 3 is 2.67 bits per heavy atom. The summed E-state index contributed by atoms with van der Waals surface area (Å²) in [7, 11) is 0. The molecule has 1 aliphatic rings. The number of aryl methyl sites for hydroxylation is 1. The molecule has 4 atom stereocenters. The highest BCUT2D eigenvalue weighted by molar-refractivity contribution is 5.39. The van der Waals surface area contributed by atoms with Crippen molar-refractivity contribution < 1.29 is 4.74 Å². The number of rotatable bonds is 5. The lowest BCUT2D eigenvalue weighted by molar-refractivity contribution is 0.0992. The molecule has 21 heavy (non-hydrogen) atoms. The molecule has 0 spiro atoms. The highest BCUT2D eigenvalue weighted by atomic mass is 16.5. The van der Waals surface area contributed by atoms with E-state index in [1.807, 2.05) is 0 Å². The van der Waals surface area contributed by atoms with E-state index in [1.54, 1.807) is 0 Å². The fourth-order valence-electron chi connectivity index (χ4n) is 3.31. The van der Waals surface area contributed by atoms with E-state index in [1.165, 1.54) is 30.4 Å². The maximum atomic E-state index is 6.39. The van der Waals surface area contributed by atoms with Gasteiger partial charge in [-0.05, 0) is 57.6 Å². The Morgan fingerprint density at radius 2 is 2.00 bits per heavy atom. The molecule has 0 radical (unpaired) electrons. The lowest BCUT2D eigenvalue weighted by Gasteiger charge is -2.33. The third-order valence-electron chi connectivity index (χ3n) is 4.99. The molecule has 2 heteroatoms. The molecule has 1 fully saturated rings. The van der Waals surface area contributed by atoms with Gasteiger partial charge in [0.05, 0.1) is 6.10 Å². The van der Waals surface area contributed by atoms with Crippen LogP contribution in [-0.4, -0.2) is 12.6 Å². The first kappa shape index (κ1) is 16.4. The van der Waals surface area contributed by atoms with Crippen LogP contribution < -0.4 is 10.1 Å². The van der Waals surface area contributed by atoms with Crippen LogP contribution in [0.2, 0.25) is 0 Å². The Labute approximate surface area is 130 Å². The van der Waals surface area contributed by atoms with Gasteiger partial charge in [0.15, 0.2) is 0 Å². The number of nitrogens with one attached hydrogen (secondary N) is 1. The van der Waals surface area contributed by atoms with Crippen LogP contribution in [0.3, 0.4) is 0 Å². The third-order valence-corrected chi connectivity index (χ3v) is 4.99. The zero-order chi connectivity index (χ0) is 15.4. The number of hydrogen-bond acceptors (Lipinski definition) is 2. The minimum Gasteiger partial charge on any atom is -0.490 e. The van der Waals surface area contributed by atoms with Gasteiger partial charge in [0, 0.05) is 11.6 Å². The van der Waals surface area contributed by atoms with E-state index >= 15 is 0 Å². The van der Waals surface area contributed by atoms with E-state index in [0.29, 0.717) is 12.1 Å². The average molecular weight is 289 g/mol. The standard InChI is InChI=1S/C19H31NO/c1-6-20-16(5)18-11-13(2)7-10-19(18)21-17-9-8-14(3)15(4)12-17/h7,10-11,14-17,20H,6,8-9,12H2,1-5H3. The zero-order valence-electron chi connectivity index (χ0n) is 14.3. The molecule has 4 unspecified atom stereocenters. The van der Waals surface area contributed by atoms with Crippen molar-refractivity contribution >= 4 is 0 Å². The van der Waals surface area contributed by atoms with Crippen LogP contribution in [-0.2, 0) is 0 Å². The van der Waals surface area contributed by atoms with E-state index < -0.39 is 0 Å². The van der Waals surface area contributed by atoms with Crippen molar-refractivity contribution in [2.45, 2.75) is 66.0 Å². The van der Waals surface area contributed by atoms with Crippen LogP contribution in [0, 0.1) is 18.8 Å². The normalized spacial score (nSPS) is 27.4. The SMILES string of the molecule is CCNC(C)c1cc(C)ccc1OC1CCC(C)C(C)C1. The molecule has 2 nitrogen and oxygen atoms in total. The highest BCUT2D eigenvalue weighted by Gasteiger charge is 2.26. The molecule has 0 heterocycles. The molecule has 1 aromatic carbocycles. The maximum Gasteiger partial charge on any atom is 0.124 e. The monoisotopic (exact) mass is 289 g/mol. The summed E-state index contributed by atoms with van der Waals surface area (Å²) < 4.78 is 6.39. The average Bonchev–Trinajstić information content (AvgIpc) is 2.45. The molecule has 2 rings (SSSR count). The lowest BCUT2D eigenvalue weighted by atomic mass is 9.80. The van der Waals surface area contributed by atoms with Crippen molar-refractivity contribution in [1.29, 1.82) is 0 Å². The third kappa shape index (κ3) is 4.23. The smallest absolute Gasteiger partial charge is 0.124 e. The Balaban J connectivity index is 2.12. The topological polar surface area (TPSA) is 21.3 Å². The lowest BCUT2D eigenvalue weighted by Crippen LogP contribution is -2.29. The summed E-state index contributed by atoms with van der Waals surface area (Å²) in [6, 6.07) is 6.91. The summed E-state index contributed by atoms with van der Waals surface area (Å²) in [6.07, 6.45) is 4.04. The van der Waals surface area contributed by atoms with Crippen molar-refractivity contribution in [3.05, 3.63) is 29.3 Å². The summed E-state index contributed by atoms with van der Waals surface area (Å²) >= 11 is 0. The first-order valence-electron chi connectivity index (χ1n) is 8.51. The molecule has 0 bridgehead atoms. The quantitative estimate of drug-likeness (QED) is 0.835. The summed E-state index contributed by atoms with van der Waals surface area (Å²) in [4.78, 5) is 0. The van der Waals surface area contributed by atoms with Gasteiger partial charge < -0.3 is 10.1 Å². The molecular weight excluding hydrogens is 258 g/mol. The largest absolute Gasteiger partial charge is 0.490 e. The van der Waals surface area contributed by atoms with Crippen LogP contribution in [0.4, 0.5) is 0 Å². The molecule has 0 amide bonds. The summed E-state index contributed by atoms with van der Waals surface area (Å²) in [5, 5.41) is 3.50. The van der Waals surface area contributed by atoms with Crippen LogP contribution in [0.15, 0.2) is 18.2 Å². The second-order valence-corrected chi connectivity index (χ2v) is 6.83. The van der Waals surface area contributed by atoms with Crippen molar-refractivity contribution in [2.24, 2.45) is 11.8 Å². The molecule has 0 aliphatic heterocycles. The van der Waals surface area contributed by atoms with Crippen LogP contribution in [0.5, 0.6) is 5.75 Å². The van der Waals surface area contributed by atoms with Gasteiger partial charge in [-0.15, -0.1) is 0 Å². The molecule has 1 aliphatic carbocycles. The summed E-state index contributed by atoms with van der Waals surface area (Å²) in [6.45, 7) is 12.2. The van der Waals surface area contributed by atoms with Crippen molar-refractivity contribution in [3.8, 4) is 5.75 Å². The molecule has 1 N–H and O–H groups in total. The van der Waals surface area contributed by atoms with Gasteiger partial charge in [-0.3, -0.25) is 0 Å². The van der Waals surface area contributed by atoms with Gasteiger partial charge in [0.1, 0.15) is 5.75 Å². The fraction of sp³-hybridized carbons (Fsp3) is 0.684. The van der Waals surface area contributed by atoms with Gasteiger partial charge in [0.25, 0.3) is 0 Å². The Hall–Kier alpha value is -1.02. The predicted octanol–water partition coefficient (Wildman–Crippen LogP) is 4.87. The predicted molar refractivity (Wildman–Crippen MR) is 89.9 cm³/mol. The van der Waals surface area contributed by atoms with Crippen molar-refractivity contribution in [1.82, 2.24) is 5.32 Å². The van der Waals surface area contributed by atoms with Crippen molar-refractivity contribution in [2.75, 3.05) is 6.54 Å². The summed E-state index contributed by atoms with van der Waals surface area (Å²) in [5.74, 6) is 2.67. The van der Waals surface area contributed by atoms with Gasteiger partial charge in [0.2, 0.25) is 0 Å². The molecule has 0 aromatic heterocycles. The van der Waals surface area contributed by atoms with Crippen LogP contribution >= 0.6 is 0 Å². The number of benzene rings is 1. The number of ether oxygens (including phenoxy) is 1. The van der Waals surface area contributed by atoms with Gasteiger partial charge >= 0.3 is 0 Å². The Morgan fingerprint density at radius 1 is 1.24 bits per heavy atom. The highest BCUT2D eigenvalue weighted by Crippen LogP contribution is 2.34. The minimum atomic E-state index is 0.338. The molecule has 1 aromatic rings. The van der Waals surface area contributed by atoms with E-state index in [-0.39, 0.29) is 0 Å². The first-order chi connectivity index (χ1) is 10.0. The van der Waals surface area contributed by atoms with E-state index in [4.69, 9.17) is 4.74 Å². The Kier molecular flexibility index (Phi) is 5.69. The molecule has 1 saturated carbocycles. The molecular formula is C19H31NO. The van der Waals surface area contributed by atoms with Gasteiger partial charge in [-0.2, -0.15) is 0 Å². The second kappa shape index (κ2) is 7.31. The molecule has 0 saturated heterocycles. The molecule has 118 valence electrons. The zero-order valence-corrected chi connectivity index (χ0v) is 14.3. The van der Waals surface area contributed by atoms with E-state index in [2.05, 4.69) is 58.1 Å². The van der Waals surface area contributed by atoms with E-state index in [9.17, 15) is 0 Å². The minimum absolute atomic E-state index is 0.338. The Bertz CT molecular complexity index is 457. The maximum absolute atomic E-state index is 6.39. The second-order valence-electron chi connectivity index (χ2n) is 6.83. The first-order valence-corrected chi connectivity index (χ1v) is 8.51.